The van der Waals surface area contributed by atoms with Crippen molar-refractivity contribution >= 4 is 5.91 Å². The van der Waals surface area contributed by atoms with Gasteiger partial charge in [0, 0.05) is 50.6 Å². The van der Waals surface area contributed by atoms with Gasteiger partial charge in [0.15, 0.2) is 0 Å². The van der Waals surface area contributed by atoms with Gasteiger partial charge in [-0.1, -0.05) is 26.2 Å². The van der Waals surface area contributed by atoms with Crippen LogP contribution in [0.5, 0.6) is 0 Å². The summed E-state index contributed by atoms with van der Waals surface area (Å²) in [5.41, 5.74) is 1.03. The number of rotatable bonds is 5. The standard InChI is InChI=1S/C22H34N4O/c1-2-20-23-13-19(14-24-20)15-25-12-10-22(17-25)9-6-11-26(21(22)27)16-18-7-4-3-5-8-18/h13-14,18H,2-12,15-17H2,1H3. The maximum atomic E-state index is 13.4. The predicted molar refractivity (Wildman–Crippen MR) is 106 cm³/mol. The van der Waals surface area contributed by atoms with Gasteiger partial charge in [-0.3, -0.25) is 9.69 Å². The molecular formula is C22H34N4O. The fourth-order valence-corrected chi connectivity index (χ4v) is 5.38. The van der Waals surface area contributed by atoms with E-state index in [0.717, 1.165) is 69.3 Å². The lowest BCUT2D eigenvalue weighted by Gasteiger charge is -2.41. The molecule has 0 N–H and O–H groups in total. The van der Waals surface area contributed by atoms with E-state index < -0.39 is 0 Å². The van der Waals surface area contributed by atoms with E-state index >= 15 is 0 Å². The second-order valence-electron chi connectivity index (χ2n) is 8.96. The zero-order chi connectivity index (χ0) is 18.7. The Kier molecular flexibility index (Phi) is 5.76. The van der Waals surface area contributed by atoms with Gasteiger partial charge in [0.25, 0.3) is 0 Å². The van der Waals surface area contributed by atoms with Crippen molar-refractivity contribution in [2.45, 2.75) is 71.3 Å². The van der Waals surface area contributed by atoms with E-state index in [1.807, 2.05) is 12.4 Å². The smallest absolute Gasteiger partial charge is 0.230 e. The molecule has 1 aromatic rings. The van der Waals surface area contributed by atoms with E-state index in [-0.39, 0.29) is 5.41 Å². The minimum Gasteiger partial charge on any atom is -0.342 e. The molecule has 2 saturated heterocycles. The zero-order valence-electron chi connectivity index (χ0n) is 16.8. The van der Waals surface area contributed by atoms with Crippen LogP contribution in [0.4, 0.5) is 0 Å². The topological polar surface area (TPSA) is 49.3 Å². The van der Waals surface area contributed by atoms with Crippen molar-refractivity contribution in [1.82, 2.24) is 19.8 Å². The first kappa shape index (κ1) is 18.9. The van der Waals surface area contributed by atoms with E-state index in [1.165, 1.54) is 38.5 Å². The molecule has 1 aliphatic carbocycles. The molecule has 2 aliphatic heterocycles. The van der Waals surface area contributed by atoms with Gasteiger partial charge in [-0.05, 0) is 44.6 Å². The van der Waals surface area contributed by atoms with Gasteiger partial charge < -0.3 is 4.90 Å². The highest BCUT2D eigenvalue weighted by Crippen LogP contribution is 2.41. The van der Waals surface area contributed by atoms with Gasteiger partial charge >= 0.3 is 0 Å². The highest BCUT2D eigenvalue weighted by molar-refractivity contribution is 5.84. The van der Waals surface area contributed by atoms with Crippen molar-refractivity contribution < 1.29 is 4.79 Å². The minimum absolute atomic E-state index is 0.128. The predicted octanol–water partition coefficient (Wildman–Crippen LogP) is 3.43. The molecule has 1 atom stereocenters. The van der Waals surface area contributed by atoms with Crippen molar-refractivity contribution in [3.8, 4) is 0 Å². The summed E-state index contributed by atoms with van der Waals surface area (Å²) in [6, 6.07) is 0. The lowest BCUT2D eigenvalue weighted by atomic mass is 9.77. The minimum atomic E-state index is -0.128. The number of hydrogen-bond donors (Lipinski definition) is 0. The van der Waals surface area contributed by atoms with Gasteiger partial charge in [0.2, 0.25) is 5.91 Å². The number of amides is 1. The zero-order valence-corrected chi connectivity index (χ0v) is 16.8. The number of carbonyl (C=O) groups is 1. The average Bonchev–Trinajstić information content (AvgIpc) is 3.10. The fraction of sp³-hybridized carbons (Fsp3) is 0.773. The summed E-state index contributed by atoms with van der Waals surface area (Å²) in [7, 11) is 0. The summed E-state index contributed by atoms with van der Waals surface area (Å²) in [6.45, 7) is 6.84. The molecule has 1 spiro atoms. The van der Waals surface area contributed by atoms with Crippen LogP contribution in [0.1, 0.15) is 69.7 Å². The van der Waals surface area contributed by atoms with Crippen LogP contribution in [0, 0.1) is 11.3 Å². The average molecular weight is 371 g/mol. The molecule has 1 amide bonds. The third-order valence-electron chi connectivity index (χ3n) is 6.94. The Labute approximate surface area is 163 Å². The van der Waals surface area contributed by atoms with E-state index in [0.29, 0.717) is 5.91 Å². The van der Waals surface area contributed by atoms with Crippen LogP contribution in [-0.2, 0) is 17.8 Å². The molecule has 4 rings (SSSR count). The van der Waals surface area contributed by atoms with Crippen molar-refractivity contribution in [1.29, 1.82) is 0 Å². The summed E-state index contributed by atoms with van der Waals surface area (Å²) in [6.07, 6.45) is 14.7. The van der Waals surface area contributed by atoms with Crippen LogP contribution >= 0.6 is 0 Å². The lowest BCUT2D eigenvalue weighted by molar-refractivity contribution is -0.146. The highest BCUT2D eigenvalue weighted by atomic mass is 16.2. The Balaban J connectivity index is 1.36. The van der Waals surface area contributed by atoms with E-state index in [9.17, 15) is 4.79 Å². The molecule has 148 valence electrons. The Morgan fingerprint density at radius 3 is 2.59 bits per heavy atom. The third kappa shape index (κ3) is 4.18. The molecule has 1 saturated carbocycles. The van der Waals surface area contributed by atoms with Crippen LogP contribution < -0.4 is 0 Å². The first-order chi connectivity index (χ1) is 13.2. The molecular weight excluding hydrogens is 336 g/mol. The van der Waals surface area contributed by atoms with E-state index in [2.05, 4.69) is 26.7 Å². The van der Waals surface area contributed by atoms with Crippen LogP contribution in [0.2, 0.25) is 0 Å². The molecule has 27 heavy (non-hydrogen) atoms. The third-order valence-corrected chi connectivity index (χ3v) is 6.94. The van der Waals surface area contributed by atoms with Gasteiger partial charge in [-0.15, -0.1) is 0 Å². The second kappa shape index (κ2) is 8.26. The monoisotopic (exact) mass is 370 g/mol. The van der Waals surface area contributed by atoms with Gasteiger partial charge in [-0.2, -0.15) is 0 Å². The number of likely N-dealkylation sites (tertiary alicyclic amines) is 2. The maximum Gasteiger partial charge on any atom is 0.230 e. The first-order valence-electron chi connectivity index (χ1n) is 11.0. The molecule has 1 aromatic heterocycles. The molecule has 0 radical (unpaired) electrons. The molecule has 3 heterocycles. The summed E-state index contributed by atoms with van der Waals surface area (Å²) in [4.78, 5) is 26.9. The molecule has 3 aliphatic rings. The number of hydrogen-bond acceptors (Lipinski definition) is 4. The highest BCUT2D eigenvalue weighted by Gasteiger charge is 2.48. The quantitative estimate of drug-likeness (QED) is 0.797. The van der Waals surface area contributed by atoms with Crippen LogP contribution in [0.3, 0.4) is 0 Å². The molecule has 0 aromatic carbocycles. The van der Waals surface area contributed by atoms with Crippen molar-refractivity contribution in [3.63, 3.8) is 0 Å². The van der Waals surface area contributed by atoms with Crippen molar-refractivity contribution in [3.05, 3.63) is 23.8 Å². The number of aryl methyl sites for hydroxylation is 1. The Bertz CT molecular complexity index is 640. The Hall–Kier alpha value is -1.49. The SMILES string of the molecule is CCc1ncc(CN2CCC3(CCCN(CC4CCCCC4)C3=O)C2)cn1. The molecule has 1 unspecified atom stereocenters. The normalized spacial score (nSPS) is 27.6. The number of nitrogens with zero attached hydrogens (tertiary/aromatic N) is 4. The van der Waals surface area contributed by atoms with Crippen LogP contribution in [0.15, 0.2) is 12.4 Å². The van der Waals surface area contributed by atoms with Crippen molar-refractivity contribution in [2.75, 3.05) is 26.2 Å². The number of piperidine rings is 1. The summed E-state index contributed by atoms with van der Waals surface area (Å²) < 4.78 is 0. The Morgan fingerprint density at radius 2 is 1.85 bits per heavy atom. The number of carbonyl (C=O) groups excluding carboxylic acids is 1. The van der Waals surface area contributed by atoms with E-state index in [4.69, 9.17) is 0 Å². The fourth-order valence-electron chi connectivity index (χ4n) is 5.38. The maximum absolute atomic E-state index is 13.4. The van der Waals surface area contributed by atoms with Gasteiger partial charge in [0.05, 0.1) is 5.41 Å². The molecule has 5 nitrogen and oxygen atoms in total. The molecule has 0 bridgehead atoms. The molecule has 5 heteroatoms. The van der Waals surface area contributed by atoms with Crippen molar-refractivity contribution in [2.24, 2.45) is 11.3 Å². The Morgan fingerprint density at radius 1 is 1.07 bits per heavy atom. The first-order valence-corrected chi connectivity index (χ1v) is 11.0. The lowest BCUT2D eigenvalue weighted by Crippen LogP contribution is -2.51. The van der Waals surface area contributed by atoms with Gasteiger partial charge in [-0.25, -0.2) is 9.97 Å². The van der Waals surface area contributed by atoms with Crippen LogP contribution in [-0.4, -0.2) is 51.9 Å². The van der Waals surface area contributed by atoms with Crippen LogP contribution in [0.25, 0.3) is 0 Å². The van der Waals surface area contributed by atoms with E-state index in [1.54, 1.807) is 0 Å². The molecule has 3 fully saturated rings. The largest absolute Gasteiger partial charge is 0.342 e. The summed E-state index contributed by atoms with van der Waals surface area (Å²) >= 11 is 0. The summed E-state index contributed by atoms with van der Waals surface area (Å²) in [5.74, 6) is 2.08. The summed E-state index contributed by atoms with van der Waals surface area (Å²) in [5, 5.41) is 0. The number of aromatic nitrogens is 2. The second-order valence-corrected chi connectivity index (χ2v) is 8.96. The van der Waals surface area contributed by atoms with Gasteiger partial charge in [0.1, 0.15) is 5.82 Å².